The van der Waals surface area contributed by atoms with Crippen LogP contribution in [0.15, 0.2) is 47.4 Å². The van der Waals surface area contributed by atoms with Crippen molar-refractivity contribution in [3.63, 3.8) is 0 Å². The van der Waals surface area contributed by atoms with Gasteiger partial charge in [-0.05, 0) is 50.6 Å². The molecule has 2 heterocycles. The molecule has 0 aliphatic carbocycles. The molecule has 0 N–H and O–H groups in total. The second kappa shape index (κ2) is 8.44. The molecule has 0 saturated carbocycles. The SMILES string of the molecule is Cc1nc2ccc(C(=O)OCC(=O)N3CC[C@H](C)Sc4ccccc43)cc2nc1C. The van der Waals surface area contributed by atoms with Gasteiger partial charge < -0.3 is 9.64 Å². The third-order valence-corrected chi connectivity index (χ3v) is 6.42. The quantitative estimate of drug-likeness (QED) is 0.587. The predicted octanol–water partition coefficient (Wildman–Crippen LogP) is 4.32. The highest BCUT2D eigenvalue weighted by Crippen LogP contribution is 2.37. The van der Waals surface area contributed by atoms with Gasteiger partial charge in [0.15, 0.2) is 6.61 Å². The molecule has 7 heteroatoms. The van der Waals surface area contributed by atoms with Gasteiger partial charge >= 0.3 is 5.97 Å². The van der Waals surface area contributed by atoms with Crippen molar-refractivity contribution in [1.29, 1.82) is 0 Å². The van der Waals surface area contributed by atoms with Crippen LogP contribution in [-0.2, 0) is 9.53 Å². The summed E-state index contributed by atoms with van der Waals surface area (Å²) in [5, 5.41) is 0.414. The average molecular weight is 422 g/mol. The normalized spacial score (nSPS) is 16.1. The number of anilines is 1. The highest BCUT2D eigenvalue weighted by Gasteiger charge is 2.25. The number of aromatic nitrogens is 2. The summed E-state index contributed by atoms with van der Waals surface area (Å²) < 4.78 is 5.34. The number of ether oxygens (including phenoxy) is 1. The summed E-state index contributed by atoms with van der Waals surface area (Å²) in [6.45, 7) is 6.23. The van der Waals surface area contributed by atoms with Crippen LogP contribution in [0, 0.1) is 13.8 Å². The highest BCUT2D eigenvalue weighted by atomic mass is 32.2. The molecule has 1 aliphatic rings. The summed E-state index contributed by atoms with van der Waals surface area (Å²) in [5.41, 5.74) is 4.25. The molecule has 0 fully saturated rings. The number of carbonyl (C=O) groups excluding carboxylic acids is 2. The number of thioether (sulfide) groups is 1. The molecule has 1 aromatic heterocycles. The molecule has 1 atom stereocenters. The third-order valence-electron chi connectivity index (χ3n) is 5.18. The van der Waals surface area contributed by atoms with Gasteiger partial charge in [-0.25, -0.2) is 14.8 Å². The molecule has 6 nitrogen and oxygen atoms in total. The van der Waals surface area contributed by atoms with Gasteiger partial charge in [0.1, 0.15) is 0 Å². The Bertz CT molecular complexity index is 1130. The van der Waals surface area contributed by atoms with Crippen LogP contribution < -0.4 is 4.90 Å². The van der Waals surface area contributed by atoms with E-state index in [1.165, 1.54) is 0 Å². The Morgan fingerprint density at radius 2 is 1.83 bits per heavy atom. The van der Waals surface area contributed by atoms with Crippen molar-refractivity contribution in [2.45, 2.75) is 37.3 Å². The Labute approximate surface area is 179 Å². The monoisotopic (exact) mass is 421 g/mol. The number of benzene rings is 2. The Hall–Kier alpha value is -2.93. The Morgan fingerprint density at radius 1 is 1.10 bits per heavy atom. The first-order valence-electron chi connectivity index (χ1n) is 9.90. The number of carbonyl (C=O) groups is 2. The van der Waals surface area contributed by atoms with Crippen LogP contribution in [0.1, 0.15) is 35.1 Å². The summed E-state index contributed by atoms with van der Waals surface area (Å²) in [6.07, 6.45) is 0.876. The average Bonchev–Trinajstić information content (AvgIpc) is 2.90. The van der Waals surface area contributed by atoms with Crippen LogP contribution in [0.3, 0.4) is 0 Å². The molecule has 1 amide bonds. The van der Waals surface area contributed by atoms with Gasteiger partial charge in [0.25, 0.3) is 5.91 Å². The number of fused-ring (bicyclic) bond motifs is 2. The Kier molecular flexibility index (Phi) is 5.72. The summed E-state index contributed by atoms with van der Waals surface area (Å²) in [7, 11) is 0. The maximum atomic E-state index is 12.9. The van der Waals surface area contributed by atoms with E-state index in [1.807, 2.05) is 38.1 Å². The fraction of sp³-hybridized carbons (Fsp3) is 0.304. The largest absolute Gasteiger partial charge is 0.452 e. The van der Waals surface area contributed by atoms with Gasteiger partial charge in [0, 0.05) is 16.7 Å². The van der Waals surface area contributed by atoms with E-state index in [-0.39, 0.29) is 12.5 Å². The van der Waals surface area contributed by atoms with Crippen molar-refractivity contribution in [2.75, 3.05) is 18.1 Å². The molecule has 30 heavy (non-hydrogen) atoms. The second-order valence-corrected chi connectivity index (χ2v) is 8.88. The van der Waals surface area contributed by atoms with Crippen LogP contribution in [0.25, 0.3) is 11.0 Å². The lowest BCUT2D eigenvalue weighted by molar-refractivity contribution is -0.121. The van der Waals surface area contributed by atoms with Crippen LogP contribution in [0.4, 0.5) is 5.69 Å². The number of aryl methyl sites for hydroxylation is 2. The minimum absolute atomic E-state index is 0.224. The zero-order chi connectivity index (χ0) is 21.3. The standard InChI is InChI=1S/C23H23N3O3S/c1-14-10-11-26(20-6-4-5-7-21(20)30-14)22(27)13-29-23(28)17-8-9-18-19(12-17)25-16(3)15(2)24-18/h4-9,12,14H,10-11,13H2,1-3H3/t14-/m0/s1. The van der Waals surface area contributed by atoms with Gasteiger partial charge in [-0.15, -0.1) is 11.8 Å². The Morgan fingerprint density at radius 3 is 2.63 bits per heavy atom. The molecular formula is C23H23N3O3S. The molecule has 0 unspecified atom stereocenters. The molecule has 0 radical (unpaired) electrons. The number of para-hydroxylation sites is 1. The lowest BCUT2D eigenvalue weighted by Gasteiger charge is -2.22. The first-order chi connectivity index (χ1) is 14.4. The Balaban J connectivity index is 1.48. The number of amides is 1. The predicted molar refractivity (Wildman–Crippen MR) is 118 cm³/mol. The van der Waals surface area contributed by atoms with Crippen LogP contribution in [0.5, 0.6) is 0 Å². The topological polar surface area (TPSA) is 72.4 Å². The van der Waals surface area contributed by atoms with Crippen molar-refractivity contribution < 1.29 is 14.3 Å². The molecule has 0 spiro atoms. The van der Waals surface area contributed by atoms with Crippen LogP contribution in [0.2, 0.25) is 0 Å². The fourth-order valence-corrected chi connectivity index (χ4v) is 4.50. The van der Waals surface area contributed by atoms with Crippen molar-refractivity contribution in [3.8, 4) is 0 Å². The molecule has 4 rings (SSSR count). The summed E-state index contributed by atoms with van der Waals surface area (Å²) in [6, 6.07) is 12.9. The molecular weight excluding hydrogens is 398 g/mol. The number of hydrogen-bond donors (Lipinski definition) is 0. The van der Waals surface area contributed by atoms with Crippen LogP contribution in [-0.4, -0.2) is 40.2 Å². The van der Waals surface area contributed by atoms with E-state index in [0.29, 0.717) is 22.9 Å². The van der Waals surface area contributed by atoms with Gasteiger partial charge in [-0.3, -0.25) is 4.79 Å². The van der Waals surface area contributed by atoms with E-state index in [2.05, 4.69) is 16.9 Å². The van der Waals surface area contributed by atoms with Crippen molar-refractivity contribution >= 4 is 40.4 Å². The number of nitrogens with zero attached hydrogens (tertiary/aromatic N) is 3. The maximum absolute atomic E-state index is 12.9. The zero-order valence-electron chi connectivity index (χ0n) is 17.2. The van der Waals surface area contributed by atoms with Gasteiger partial charge in [-0.1, -0.05) is 19.1 Å². The van der Waals surface area contributed by atoms with Gasteiger partial charge in [0.05, 0.1) is 33.7 Å². The van der Waals surface area contributed by atoms with Crippen molar-refractivity contribution in [2.24, 2.45) is 0 Å². The third kappa shape index (κ3) is 4.16. The molecule has 154 valence electrons. The number of hydrogen-bond acceptors (Lipinski definition) is 6. The smallest absolute Gasteiger partial charge is 0.338 e. The summed E-state index contributed by atoms with van der Waals surface area (Å²) >= 11 is 1.76. The zero-order valence-corrected chi connectivity index (χ0v) is 18.0. The lowest BCUT2D eigenvalue weighted by atomic mass is 10.2. The van der Waals surface area contributed by atoms with E-state index < -0.39 is 5.97 Å². The second-order valence-electron chi connectivity index (χ2n) is 7.40. The van der Waals surface area contributed by atoms with E-state index in [0.717, 1.165) is 33.9 Å². The van der Waals surface area contributed by atoms with Crippen molar-refractivity contribution in [3.05, 3.63) is 59.4 Å². The van der Waals surface area contributed by atoms with Crippen LogP contribution >= 0.6 is 11.8 Å². The van der Waals surface area contributed by atoms with Gasteiger partial charge in [-0.2, -0.15) is 0 Å². The van der Waals surface area contributed by atoms with E-state index in [4.69, 9.17) is 4.74 Å². The molecule has 2 aromatic carbocycles. The molecule has 0 saturated heterocycles. The minimum atomic E-state index is -0.545. The number of esters is 1. The molecule has 0 bridgehead atoms. The maximum Gasteiger partial charge on any atom is 0.338 e. The van der Waals surface area contributed by atoms with E-state index >= 15 is 0 Å². The van der Waals surface area contributed by atoms with Gasteiger partial charge in [0.2, 0.25) is 0 Å². The summed E-state index contributed by atoms with van der Waals surface area (Å²) in [4.78, 5) is 37.2. The minimum Gasteiger partial charge on any atom is -0.452 e. The number of rotatable bonds is 3. The summed E-state index contributed by atoms with van der Waals surface area (Å²) in [5.74, 6) is -0.770. The van der Waals surface area contributed by atoms with Crippen molar-refractivity contribution in [1.82, 2.24) is 9.97 Å². The highest BCUT2D eigenvalue weighted by molar-refractivity contribution is 8.00. The molecule has 3 aromatic rings. The first kappa shape index (κ1) is 20.3. The first-order valence-corrected chi connectivity index (χ1v) is 10.8. The fourth-order valence-electron chi connectivity index (χ4n) is 3.39. The van der Waals surface area contributed by atoms with E-state index in [1.54, 1.807) is 34.9 Å². The van der Waals surface area contributed by atoms with E-state index in [9.17, 15) is 9.59 Å². The lowest BCUT2D eigenvalue weighted by Crippen LogP contribution is -2.35. The molecule has 1 aliphatic heterocycles.